The Morgan fingerprint density at radius 3 is 2.57 bits per heavy atom. The summed E-state index contributed by atoms with van der Waals surface area (Å²) < 4.78 is 37.8. The van der Waals surface area contributed by atoms with E-state index in [1.54, 1.807) is 18.2 Å². The molecule has 2 aromatic rings. The Morgan fingerprint density at radius 1 is 1.13 bits per heavy atom. The zero-order valence-corrected chi connectivity index (χ0v) is 12.0. The maximum absolute atomic E-state index is 12.6. The second kappa shape index (κ2) is 7.00. The highest BCUT2D eigenvalue weighted by Crippen LogP contribution is 2.29. The first-order chi connectivity index (χ1) is 10.9. The third-order valence-electron chi connectivity index (χ3n) is 3.07. The molecule has 6 heteroatoms. The fraction of sp³-hybridized carbons (Fsp3) is 0.118. The summed E-state index contributed by atoms with van der Waals surface area (Å²) in [6, 6.07) is 11.2. The molecule has 0 spiro atoms. The lowest BCUT2D eigenvalue weighted by atomic mass is 10.1. The summed E-state index contributed by atoms with van der Waals surface area (Å²) in [7, 11) is 0. The SMILES string of the molecule is O=C(C=Cc1ccccc1O)NCc1cccc(C(F)(F)F)c1. The molecule has 0 atom stereocenters. The van der Waals surface area contributed by atoms with Gasteiger partial charge in [0.1, 0.15) is 5.75 Å². The summed E-state index contributed by atoms with van der Waals surface area (Å²) in [5.41, 5.74) is 0.0693. The van der Waals surface area contributed by atoms with E-state index >= 15 is 0 Å². The highest BCUT2D eigenvalue weighted by Gasteiger charge is 2.30. The molecule has 0 aromatic heterocycles. The van der Waals surface area contributed by atoms with Crippen LogP contribution >= 0.6 is 0 Å². The third-order valence-corrected chi connectivity index (χ3v) is 3.07. The molecule has 1 amide bonds. The van der Waals surface area contributed by atoms with Crippen LogP contribution in [-0.2, 0) is 17.5 Å². The number of rotatable bonds is 4. The Kier molecular flexibility index (Phi) is 5.05. The van der Waals surface area contributed by atoms with E-state index in [-0.39, 0.29) is 12.3 Å². The number of carbonyl (C=O) groups excluding carboxylic acids is 1. The van der Waals surface area contributed by atoms with Crippen molar-refractivity contribution in [3.8, 4) is 5.75 Å². The van der Waals surface area contributed by atoms with Crippen molar-refractivity contribution in [3.63, 3.8) is 0 Å². The monoisotopic (exact) mass is 321 g/mol. The van der Waals surface area contributed by atoms with Crippen LogP contribution < -0.4 is 5.32 Å². The quantitative estimate of drug-likeness (QED) is 0.843. The molecular formula is C17H14F3NO2. The summed E-state index contributed by atoms with van der Waals surface area (Å²) in [5.74, 6) is -0.430. The van der Waals surface area contributed by atoms with E-state index in [0.717, 1.165) is 12.1 Å². The molecule has 120 valence electrons. The summed E-state index contributed by atoms with van der Waals surface area (Å²) in [6.07, 6.45) is -1.77. The fourth-order valence-electron chi connectivity index (χ4n) is 1.90. The average Bonchev–Trinajstić information content (AvgIpc) is 2.51. The number of phenolic OH excluding ortho intramolecular Hbond substituents is 1. The molecule has 0 radical (unpaired) electrons. The first kappa shape index (κ1) is 16.6. The Hall–Kier alpha value is -2.76. The molecular weight excluding hydrogens is 307 g/mol. The van der Waals surface area contributed by atoms with Crippen molar-refractivity contribution in [1.29, 1.82) is 0 Å². The molecule has 0 aliphatic carbocycles. The van der Waals surface area contributed by atoms with Gasteiger partial charge in [0.15, 0.2) is 0 Å². The molecule has 2 N–H and O–H groups in total. The predicted molar refractivity (Wildman–Crippen MR) is 80.4 cm³/mol. The van der Waals surface area contributed by atoms with E-state index in [2.05, 4.69) is 5.32 Å². The molecule has 0 bridgehead atoms. The van der Waals surface area contributed by atoms with Crippen LogP contribution in [0.1, 0.15) is 16.7 Å². The molecule has 23 heavy (non-hydrogen) atoms. The Bertz CT molecular complexity index is 724. The standard InChI is InChI=1S/C17H14F3NO2/c18-17(19,20)14-6-3-4-12(10-14)11-21-16(23)9-8-13-5-1-2-7-15(13)22/h1-10,22H,11H2,(H,21,23). The zero-order chi connectivity index (χ0) is 16.9. The molecule has 0 fully saturated rings. The van der Waals surface area contributed by atoms with Crippen LogP contribution in [0.15, 0.2) is 54.6 Å². The van der Waals surface area contributed by atoms with Gasteiger partial charge >= 0.3 is 6.18 Å². The molecule has 0 saturated carbocycles. The second-order valence-corrected chi connectivity index (χ2v) is 4.81. The van der Waals surface area contributed by atoms with Crippen molar-refractivity contribution in [2.75, 3.05) is 0 Å². The van der Waals surface area contributed by atoms with Gasteiger partial charge in [-0.05, 0) is 29.8 Å². The van der Waals surface area contributed by atoms with Crippen molar-refractivity contribution in [2.24, 2.45) is 0 Å². The molecule has 0 unspecified atom stereocenters. The maximum atomic E-state index is 12.6. The van der Waals surface area contributed by atoms with Crippen LogP contribution in [0.2, 0.25) is 0 Å². The average molecular weight is 321 g/mol. The van der Waals surface area contributed by atoms with Crippen molar-refractivity contribution in [1.82, 2.24) is 5.32 Å². The third kappa shape index (κ3) is 4.88. The minimum absolute atomic E-state index is 0.0200. The van der Waals surface area contributed by atoms with Crippen molar-refractivity contribution >= 4 is 12.0 Å². The van der Waals surface area contributed by atoms with Crippen LogP contribution in [0.5, 0.6) is 5.75 Å². The molecule has 2 rings (SSSR count). The van der Waals surface area contributed by atoms with Crippen LogP contribution in [-0.4, -0.2) is 11.0 Å². The lowest BCUT2D eigenvalue weighted by Gasteiger charge is -2.09. The Labute approximate surface area is 131 Å². The molecule has 3 nitrogen and oxygen atoms in total. The van der Waals surface area contributed by atoms with Gasteiger partial charge in [-0.25, -0.2) is 0 Å². The van der Waals surface area contributed by atoms with E-state index in [4.69, 9.17) is 0 Å². The van der Waals surface area contributed by atoms with Crippen LogP contribution in [0.3, 0.4) is 0 Å². The van der Waals surface area contributed by atoms with Gasteiger partial charge in [-0.2, -0.15) is 13.2 Å². The second-order valence-electron chi connectivity index (χ2n) is 4.81. The first-order valence-electron chi connectivity index (χ1n) is 6.76. The summed E-state index contributed by atoms with van der Waals surface area (Å²) >= 11 is 0. The number of halogens is 3. The zero-order valence-electron chi connectivity index (χ0n) is 12.0. The van der Waals surface area contributed by atoms with Crippen LogP contribution in [0, 0.1) is 0 Å². The summed E-state index contributed by atoms with van der Waals surface area (Å²) in [4.78, 5) is 11.7. The van der Waals surface area contributed by atoms with Gasteiger partial charge in [-0.3, -0.25) is 4.79 Å². The van der Waals surface area contributed by atoms with Gasteiger partial charge in [-0.15, -0.1) is 0 Å². The van der Waals surface area contributed by atoms with Gasteiger partial charge in [0.2, 0.25) is 5.91 Å². The number of hydrogen-bond acceptors (Lipinski definition) is 2. The van der Waals surface area contributed by atoms with E-state index in [1.807, 2.05) is 0 Å². The van der Waals surface area contributed by atoms with Gasteiger partial charge in [0.05, 0.1) is 5.56 Å². The number of carbonyl (C=O) groups is 1. The number of amides is 1. The van der Waals surface area contributed by atoms with E-state index in [0.29, 0.717) is 11.1 Å². The Morgan fingerprint density at radius 2 is 1.87 bits per heavy atom. The minimum atomic E-state index is -4.41. The van der Waals surface area contributed by atoms with E-state index < -0.39 is 17.6 Å². The number of phenols is 1. The Balaban J connectivity index is 1.96. The number of aromatic hydroxyl groups is 1. The smallest absolute Gasteiger partial charge is 0.416 e. The topological polar surface area (TPSA) is 49.3 Å². The van der Waals surface area contributed by atoms with Crippen molar-refractivity contribution in [2.45, 2.75) is 12.7 Å². The van der Waals surface area contributed by atoms with Gasteiger partial charge < -0.3 is 10.4 Å². The van der Waals surface area contributed by atoms with Gasteiger partial charge in [0.25, 0.3) is 0 Å². The molecule has 0 saturated heterocycles. The summed E-state index contributed by atoms with van der Waals surface area (Å²) in [6.45, 7) is -0.0200. The maximum Gasteiger partial charge on any atom is 0.416 e. The largest absolute Gasteiger partial charge is 0.507 e. The van der Waals surface area contributed by atoms with Gasteiger partial charge in [0, 0.05) is 18.2 Å². The number of para-hydroxylation sites is 1. The van der Waals surface area contributed by atoms with E-state index in [9.17, 15) is 23.1 Å². The molecule has 0 aliphatic rings. The summed E-state index contributed by atoms with van der Waals surface area (Å²) in [5, 5.41) is 12.0. The molecule has 2 aromatic carbocycles. The lowest BCUT2D eigenvalue weighted by molar-refractivity contribution is -0.137. The van der Waals surface area contributed by atoms with Gasteiger partial charge in [-0.1, -0.05) is 30.3 Å². The number of benzene rings is 2. The predicted octanol–water partition coefficient (Wildman–Crippen LogP) is 3.74. The first-order valence-corrected chi connectivity index (χ1v) is 6.76. The fourth-order valence-corrected chi connectivity index (χ4v) is 1.90. The highest BCUT2D eigenvalue weighted by atomic mass is 19.4. The van der Waals surface area contributed by atoms with Crippen molar-refractivity contribution < 1.29 is 23.1 Å². The normalized spacial score (nSPS) is 11.6. The highest BCUT2D eigenvalue weighted by molar-refractivity contribution is 5.92. The minimum Gasteiger partial charge on any atom is -0.507 e. The van der Waals surface area contributed by atoms with Crippen LogP contribution in [0.25, 0.3) is 6.08 Å². The van der Waals surface area contributed by atoms with Crippen LogP contribution in [0.4, 0.5) is 13.2 Å². The van der Waals surface area contributed by atoms with E-state index in [1.165, 1.54) is 30.4 Å². The number of alkyl halides is 3. The molecule has 0 aliphatic heterocycles. The number of nitrogens with one attached hydrogen (secondary N) is 1. The van der Waals surface area contributed by atoms with Crippen molar-refractivity contribution in [3.05, 3.63) is 71.3 Å². The lowest BCUT2D eigenvalue weighted by Crippen LogP contribution is -2.20. The molecule has 0 heterocycles. The number of hydrogen-bond donors (Lipinski definition) is 2.